The minimum atomic E-state index is -2.36. The van der Waals surface area contributed by atoms with E-state index in [0.717, 1.165) is 0 Å². The number of ether oxygens (including phenoxy) is 4. The second kappa shape index (κ2) is 11.4. The van der Waals surface area contributed by atoms with Crippen LogP contribution in [0.1, 0.15) is 5.56 Å². The van der Waals surface area contributed by atoms with Crippen molar-refractivity contribution in [3.8, 4) is 5.75 Å². The number of rotatable bonds is 9. The summed E-state index contributed by atoms with van der Waals surface area (Å²) in [5.41, 5.74) is 6.50. The summed E-state index contributed by atoms with van der Waals surface area (Å²) < 4.78 is 21.5. The molecule has 14 heteroatoms. The molecule has 0 amide bonds. The van der Waals surface area contributed by atoms with E-state index in [1.807, 2.05) is 0 Å². The van der Waals surface area contributed by atoms with Crippen molar-refractivity contribution < 1.29 is 64.6 Å². The van der Waals surface area contributed by atoms with Gasteiger partial charge in [0.25, 0.3) is 0 Å². The Hall–Kier alpha value is -1.95. The molecule has 10 atom stereocenters. The summed E-state index contributed by atoms with van der Waals surface area (Å²) in [7, 11) is 0. The first kappa shape index (κ1) is 27.6. The number of esters is 1. The molecular formula is C21H31NO13. The van der Waals surface area contributed by atoms with Crippen molar-refractivity contribution in [1.29, 1.82) is 0 Å². The molecule has 0 aromatic heterocycles. The lowest BCUT2D eigenvalue weighted by atomic mass is 9.98. The van der Waals surface area contributed by atoms with Gasteiger partial charge in [0.2, 0.25) is 12.1 Å². The minimum absolute atomic E-state index is 0.0110. The monoisotopic (exact) mass is 505 g/mol. The molecule has 2 fully saturated rings. The SMILES string of the molecule is NC(Cc1ccc(O)cc1)C(=O)OC1C(OC2(CO)OC(CO)C(O)C2O)OC(CO)C(O)C1O. The van der Waals surface area contributed by atoms with Crippen LogP contribution in [0.2, 0.25) is 0 Å². The number of hydrogen-bond acceptors (Lipinski definition) is 14. The fraction of sp³-hybridized carbons (Fsp3) is 0.667. The molecule has 10 N–H and O–H groups in total. The predicted octanol–water partition coefficient (Wildman–Crippen LogP) is -4.57. The van der Waals surface area contributed by atoms with Gasteiger partial charge in [-0.25, -0.2) is 0 Å². The predicted molar refractivity (Wildman–Crippen MR) is 112 cm³/mol. The summed E-state index contributed by atoms with van der Waals surface area (Å²) in [6, 6.07) is 4.62. The average molecular weight is 505 g/mol. The Bertz CT molecular complexity index is 841. The van der Waals surface area contributed by atoms with E-state index in [4.69, 9.17) is 24.7 Å². The number of phenols is 1. The molecule has 0 saturated carbocycles. The second-order valence-corrected chi connectivity index (χ2v) is 8.45. The van der Waals surface area contributed by atoms with Crippen LogP contribution in [0.4, 0.5) is 0 Å². The van der Waals surface area contributed by atoms with E-state index < -0.39 is 86.6 Å². The average Bonchev–Trinajstić information content (AvgIpc) is 3.09. The van der Waals surface area contributed by atoms with Crippen molar-refractivity contribution in [2.45, 2.75) is 67.3 Å². The van der Waals surface area contributed by atoms with E-state index in [9.17, 15) is 45.6 Å². The Kier molecular flexibility index (Phi) is 9.01. The number of benzene rings is 1. The van der Waals surface area contributed by atoms with Crippen LogP contribution < -0.4 is 5.73 Å². The van der Waals surface area contributed by atoms with E-state index in [0.29, 0.717) is 5.56 Å². The summed E-state index contributed by atoms with van der Waals surface area (Å²) in [6.45, 7) is -2.57. The molecule has 14 nitrogen and oxygen atoms in total. The summed E-state index contributed by atoms with van der Waals surface area (Å²) in [5.74, 6) is -3.38. The minimum Gasteiger partial charge on any atom is -0.508 e. The third kappa shape index (κ3) is 5.73. The molecule has 0 bridgehead atoms. The van der Waals surface area contributed by atoms with E-state index in [2.05, 4.69) is 0 Å². The first-order chi connectivity index (χ1) is 16.6. The molecule has 0 radical (unpaired) electrons. The maximum Gasteiger partial charge on any atom is 0.323 e. The zero-order valence-corrected chi connectivity index (χ0v) is 18.5. The van der Waals surface area contributed by atoms with Gasteiger partial charge in [-0.05, 0) is 24.1 Å². The Labute approximate surface area is 199 Å². The lowest BCUT2D eigenvalue weighted by Gasteiger charge is -2.44. The van der Waals surface area contributed by atoms with Crippen LogP contribution in [0.15, 0.2) is 24.3 Å². The highest BCUT2D eigenvalue weighted by molar-refractivity contribution is 5.76. The summed E-state index contributed by atoms with van der Waals surface area (Å²) in [5, 5.41) is 79.4. The zero-order chi connectivity index (χ0) is 25.9. The molecule has 35 heavy (non-hydrogen) atoms. The number of aromatic hydroxyl groups is 1. The molecule has 10 unspecified atom stereocenters. The van der Waals surface area contributed by atoms with Gasteiger partial charge >= 0.3 is 5.97 Å². The van der Waals surface area contributed by atoms with Crippen LogP contribution in [-0.2, 0) is 30.2 Å². The highest BCUT2D eigenvalue weighted by atomic mass is 16.8. The van der Waals surface area contributed by atoms with Crippen molar-refractivity contribution in [1.82, 2.24) is 0 Å². The lowest BCUT2D eigenvalue weighted by Crippen LogP contribution is -2.64. The standard InChI is InChI=1S/C21H31NO13/c22-11(5-9-1-3-10(26)4-2-9)19(31)33-17-16(29)14(27)12(6-23)32-20(17)35-21(8-25)18(30)15(28)13(7-24)34-21/h1-4,11-18,20,23-30H,5-8,22H2. The summed E-state index contributed by atoms with van der Waals surface area (Å²) in [4.78, 5) is 12.7. The molecule has 198 valence electrons. The van der Waals surface area contributed by atoms with E-state index >= 15 is 0 Å². The molecule has 2 heterocycles. The van der Waals surface area contributed by atoms with Gasteiger partial charge in [0.1, 0.15) is 55.0 Å². The zero-order valence-electron chi connectivity index (χ0n) is 18.5. The molecule has 2 aliphatic heterocycles. The van der Waals surface area contributed by atoms with Crippen LogP contribution in [0.5, 0.6) is 5.75 Å². The number of nitrogens with two attached hydrogens (primary N) is 1. The van der Waals surface area contributed by atoms with E-state index in [1.54, 1.807) is 0 Å². The Morgan fingerprint density at radius 3 is 2.17 bits per heavy atom. The van der Waals surface area contributed by atoms with Crippen molar-refractivity contribution in [3.05, 3.63) is 29.8 Å². The smallest absolute Gasteiger partial charge is 0.323 e. The third-order valence-electron chi connectivity index (χ3n) is 5.99. The molecule has 1 aromatic rings. The quantitative estimate of drug-likeness (QED) is 0.144. The highest BCUT2D eigenvalue weighted by Gasteiger charge is 2.59. The molecule has 2 aliphatic rings. The number of hydrogen-bond donors (Lipinski definition) is 9. The first-order valence-electron chi connectivity index (χ1n) is 10.9. The first-order valence-corrected chi connectivity index (χ1v) is 10.9. The van der Waals surface area contributed by atoms with Gasteiger partial charge in [-0.1, -0.05) is 12.1 Å². The third-order valence-corrected chi connectivity index (χ3v) is 5.99. The Balaban J connectivity index is 1.79. The fourth-order valence-electron chi connectivity index (χ4n) is 3.93. The molecule has 1 aromatic carbocycles. The van der Waals surface area contributed by atoms with Gasteiger partial charge < -0.3 is 65.5 Å². The van der Waals surface area contributed by atoms with Gasteiger partial charge in [0.15, 0.2) is 6.10 Å². The fourth-order valence-corrected chi connectivity index (χ4v) is 3.93. The highest BCUT2D eigenvalue weighted by Crippen LogP contribution is 2.36. The van der Waals surface area contributed by atoms with E-state index in [-0.39, 0.29) is 12.2 Å². The van der Waals surface area contributed by atoms with Gasteiger partial charge in [-0.2, -0.15) is 0 Å². The van der Waals surface area contributed by atoms with Crippen LogP contribution in [-0.4, -0.2) is 127 Å². The van der Waals surface area contributed by atoms with Gasteiger partial charge in [-0.15, -0.1) is 0 Å². The van der Waals surface area contributed by atoms with Gasteiger partial charge in [-0.3, -0.25) is 4.79 Å². The largest absolute Gasteiger partial charge is 0.508 e. The van der Waals surface area contributed by atoms with Crippen LogP contribution >= 0.6 is 0 Å². The van der Waals surface area contributed by atoms with E-state index in [1.165, 1.54) is 24.3 Å². The lowest BCUT2D eigenvalue weighted by molar-refractivity contribution is -0.384. The van der Waals surface area contributed by atoms with Crippen molar-refractivity contribution >= 4 is 5.97 Å². The maximum absolute atomic E-state index is 12.7. The second-order valence-electron chi connectivity index (χ2n) is 8.45. The maximum atomic E-state index is 12.7. The van der Waals surface area contributed by atoms with Gasteiger partial charge in [0.05, 0.1) is 13.2 Å². The Morgan fingerprint density at radius 1 is 1.00 bits per heavy atom. The molecule has 3 rings (SSSR count). The molecule has 0 spiro atoms. The molecular weight excluding hydrogens is 474 g/mol. The summed E-state index contributed by atoms with van der Waals surface area (Å²) >= 11 is 0. The van der Waals surface area contributed by atoms with Crippen LogP contribution in [0, 0.1) is 0 Å². The van der Waals surface area contributed by atoms with Crippen LogP contribution in [0.25, 0.3) is 0 Å². The number of aliphatic hydroxyl groups is 7. The number of aliphatic hydroxyl groups excluding tert-OH is 7. The number of carbonyl (C=O) groups excluding carboxylic acids is 1. The normalized spacial score (nSPS) is 38.3. The van der Waals surface area contributed by atoms with Crippen molar-refractivity contribution in [2.75, 3.05) is 19.8 Å². The topological polar surface area (TPSA) is 242 Å². The Morgan fingerprint density at radius 2 is 1.63 bits per heavy atom. The molecule has 0 aliphatic carbocycles. The summed E-state index contributed by atoms with van der Waals surface area (Å²) in [6.07, 6.45) is -13.5. The van der Waals surface area contributed by atoms with Gasteiger partial charge in [0, 0.05) is 0 Å². The number of carbonyl (C=O) groups is 1. The molecule has 2 saturated heterocycles. The van der Waals surface area contributed by atoms with Crippen molar-refractivity contribution in [2.24, 2.45) is 5.73 Å². The van der Waals surface area contributed by atoms with Crippen molar-refractivity contribution in [3.63, 3.8) is 0 Å². The number of phenolic OH excluding ortho intramolecular Hbond substituents is 1. The van der Waals surface area contributed by atoms with Crippen LogP contribution in [0.3, 0.4) is 0 Å².